The molecular formula is C12H19BrN2O3S. The third kappa shape index (κ3) is 4.45. The first-order valence-corrected chi connectivity index (χ1v) is 8.15. The van der Waals surface area contributed by atoms with Crippen LogP contribution in [-0.2, 0) is 10.0 Å². The first-order valence-electron chi connectivity index (χ1n) is 5.87. The zero-order chi connectivity index (χ0) is 14.6. The van der Waals surface area contributed by atoms with E-state index in [4.69, 9.17) is 10.5 Å². The molecule has 0 bridgehead atoms. The predicted octanol–water partition coefficient (Wildman–Crippen LogP) is 1.78. The molecule has 0 saturated carbocycles. The molecule has 108 valence electrons. The van der Waals surface area contributed by atoms with Gasteiger partial charge in [0.1, 0.15) is 10.6 Å². The van der Waals surface area contributed by atoms with Crippen LogP contribution in [0.25, 0.3) is 0 Å². The maximum atomic E-state index is 12.2. The third-order valence-electron chi connectivity index (χ3n) is 2.63. The second-order valence-corrected chi connectivity index (χ2v) is 7.01. The molecule has 1 aromatic rings. The number of hydrogen-bond donors (Lipinski definition) is 2. The first kappa shape index (κ1) is 16.4. The number of rotatable bonds is 6. The molecule has 1 unspecified atom stereocenters. The van der Waals surface area contributed by atoms with Crippen LogP contribution in [-0.4, -0.2) is 28.1 Å². The van der Waals surface area contributed by atoms with Crippen molar-refractivity contribution in [1.82, 2.24) is 4.72 Å². The van der Waals surface area contributed by atoms with Crippen molar-refractivity contribution in [3.63, 3.8) is 0 Å². The van der Waals surface area contributed by atoms with Crippen molar-refractivity contribution >= 4 is 26.0 Å². The molecule has 1 aromatic carbocycles. The zero-order valence-corrected chi connectivity index (χ0v) is 13.6. The van der Waals surface area contributed by atoms with Crippen LogP contribution in [0.3, 0.4) is 0 Å². The molecule has 0 spiro atoms. The van der Waals surface area contributed by atoms with Crippen LogP contribution in [0.5, 0.6) is 5.75 Å². The van der Waals surface area contributed by atoms with Crippen LogP contribution in [0.15, 0.2) is 21.5 Å². The summed E-state index contributed by atoms with van der Waals surface area (Å²) in [5, 5.41) is 0. The number of methoxy groups -OCH3 is 1. The fourth-order valence-electron chi connectivity index (χ4n) is 1.51. The van der Waals surface area contributed by atoms with Gasteiger partial charge in [-0.2, -0.15) is 0 Å². The zero-order valence-electron chi connectivity index (χ0n) is 11.2. The summed E-state index contributed by atoms with van der Waals surface area (Å²) < 4.78 is 32.8. The minimum atomic E-state index is -3.60. The fraction of sp³-hybridized carbons (Fsp3) is 0.500. The Labute approximate surface area is 122 Å². The van der Waals surface area contributed by atoms with Gasteiger partial charge >= 0.3 is 0 Å². The molecule has 0 aliphatic rings. The Hall–Kier alpha value is -0.630. The molecule has 0 heterocycles. The third-order valence-corrected chi connectivity index (χ3v) is 4.96. The minimum Gasteiger partial charge on any atom is -0.495 e. The van der Waals surface area contributed by atoms with Crippen molar-refractivity contribution < 1.29 is 13.2 Å². The highest BCUT2D eigenvalue weighted by atomic mass is 79.9. The lowest BCUT2D eigenvalue weighted by molar-refractivity contribution is 0.402. The molecule has 0 aliphatic carbocycles. The summed E-state index contributed by atoms with van der Waals surface area (Å²) in [6, 6.07) is 3.18. The van der Waals surface area contributed by atoms with E-state index in [1.165, 1.54) is 7.11 Å². The van der Waals surface area contributed by atoms with Gasteiger partial charge in [-0.25, -0.2) is 13.1 Å². The van der Waals surface area contributed by atoms with Crippen molar-refractivity contribution in [3.8, 4) is 5.75 Å². The lowest BCUT2D eigenvalue weighted by Crippen LogP contribution is -2.29. The quantitative estimate of drug-likeness (QED) is 0.819. The molecule has 0 saturated heterocycles. The van der Waals surface area contributed by atoms with Gasteiger partial charge in [0.2, 0.25) is 10.0 Å². The number of nitrogens with two attached hydrogens (primary N) is 1. The average molecular weight is 351 g/mol. The number of aryl methyl sites for hydroxylation is 1. The van der Waals surface area contributed by atoms with E-state index in [1.807, 2.05) is 13.8 Å². The van der Waals surface area contributed by atoms with E-state index in [-0.39, 0.29) is 10.9 Å². The predicted molar refractivity (Wildman–Crippen MR) is 78.9 cm³/mol. The number of sulfonamides is 1. The van der Waals surface area contributed by atoms with Crippen molar-refractivity contribution in [2.45, 2.75) is 31.2 Å². The molecular weight excluding hydrogens is 332 g/mol. The Morgan fingerprint density at radius 1 is 1.47 bits per heavy atom. The Balaban J connectivity index is 3.03. The molecule has 1 rings (SSSR count). The molecule has 0 radical (unpaired) electrons. The Morgan fingerprint density at radius 2 is 2.11 bits per heavy atom. The van der Waals surface area contributed by atoms with Gasteiger partial charge in [-0.15, -0.1) is 0 Å². The summed E-state index contributed by atoms with van der Waals surface area (Å²) in [4.78, 5) is 0.122. The standard InChI is InChI=1S/C12H19BrN2O3S/c1-8-6-11(18-3)12(7-10(8)13)19(16,17)15-5-4-9(2)14/h6-7,9,15H,4-5,14H2,1-3H3. The van der Waals surface area contributed by atoms with Gasteiger partial charge < -0.3 is 10.5 Å². The van der Waals surface area contributed by atoms with Gasteiger partial charge in [-0.3, -0.25) is 0 Å². The van der Waals surface area contributed by atoms with E-state index in [0.717, 1.165) is 10.0 Å². The normalized spacial score (nSPS) is 13.3. The Morgan fingerprint density at radius 3 is 2.63 bits per heavy atom. The van der Waals surface area contributed by atoms with E-state index in [2.05, 4.69) is 20.7 Å². The van der Waals surface area contributed by atoms with Crippen molar-refractivity contribution in [2.24, 2.45) is 5.73 Å². The van der Waals surface area contributed by atoms with Crippen molar-refractivity contribution in [1.29, 1.82) is 0 Å². The highest BCUT2D eigenvalue weighted by Crippen LogP contribution is 2.30. The van der Waals surface area contributed by atoms with Gasteiger partial charge in [0, 0.05) is 17.1 Å². The van der Waals surface area contributed by atoms with Gasteiger partial charge in [0.25, 0.3) is 0 Å². The molecule has 0 amide bonds. The van der Waals surface area contributed by atoms with E-state index in [1.54, 1.807) is 12.1 Å². The maximum Gasteiger partial charge on any atom is 0.244 e. The highest BCUT2D eigenvalue weighted by Gasteiger charge is 2.20. The molecule has 0 fully saturated rings. The molecule has 1 atom stereocenters. The number of halogens is 1. The number of ether oxygens (including phenoxy) is 1. The van der Waals surface area contributed by atoms with E-state index < -0.39 is 10.0 Å². The number of hydrogen-bond acceptors (Lipinski definition) is 4. The maximum absolute atomic E-state index is 12.2. The summed E-state index contributed by atoms with van der Waals surface area (Å²) in [6.07, 6.45) is 0.578. The second kappa shape index (κ2) is 6.69. The largest absolute Gasteiger partial charge is 0.495 e. The fourth-order valence-corrected chi connectivity index (χ4v) is 3.22. The van der Waals surface area contributed by atoms with Crippen LogP contribution in [0.2, 0.25) is 0 Å². The number of nitrogens with one attached hydrogen (secondary N) is 1. The summed E-state index contributed by atoms with van der Waals surface area (Å²) >= 11 is 3.33. The summed E-state index contributed by atoms with van der Waals surface area (Å²) in [5.41, 5.74) is 6.50. The minimum absolute atomic E-state index is 0.0469. The highest BCUT2D eigenvalue weighted by molar-refractivity contribution is 9.10. The Bertz CT molecular complexity index is 544. The molecule has 0 aromatic heterocycles. The molecule has 19 heavy (non-hydrogen) atoms. The smallest absolute Gasteiger partial charge is 0.244 e. The van der Waals surface area contributed by atoms with Gasteiger partial charge in [-0.1, -0.05) is 15.9 Å². The van der Waals surface area contributed by atoms with Crippen molar-refractivity contribution in [3.05, 3.63) is 22.2 Å². The van der Waals surface area contributed by atoms with Gasteiger partial charge in [0.15, 0.2) is 0 Å². The average Bonchev–Trinajstić information content (AvgIpc) is 2.31. The van der Waals surface area contributed by atoms with E-state index in [9.17, 15) is 8.42 Å². The van der Waals surface area contributed by atoms with Crippen LogP contribution >= 0.6 is 15.9 Å². The topological polar surface area (TPSA) is 81.4 Å². The molecule has 5 nitrogen and oxygen atoms in total. The molecule has 3 N–H and O–H groups in total. The number of benzene rings is 1. The first-order chi connectivity index (χ1) is 8.77. The Kier molecular flexibility index (Phi) is 5.79. The lowest BCUT2D eigenvalue weighted by atomic mass is 10.2. The summed E-state index contributed by atoms with van der Waals surface area (Å²) in [7, 11) is -2.15. The van der Waals surface area contributed by atoms with Gasteiger partial charge in [-0.05, 0) is 38.0 Å². The summed E-state index contributed by atoms with van der Waals surface area (Å²) in [6.45, 7) is 4.00. The van der Waals surface area contributed by atoms with Crippen LogP contribution in [0, 0.1) is 6.92 Å². The van der Waals surface area contributed by atoms with Crippen LogP contribution in [0.1, 0.15) is 18.9 Å². The van der Waals surface area contributed by atoms with Crippen molar-refractivity contribution in [2.75, 3.05) is 13.7 Å². The van der Waals surface area contributed by atoms with E-state index in [0.29, 0.717) is 18.7 Å². The van der Waals surface area contributed by atoms with E-state index >= 15 is 0 Å². The molecule has 0 aliphatic heterocycles. The van der Waals surface area contributed by atoms with Gasteiger partial charge in [0.05, 0.1) is 7.11 Å². The second-order valence-electron chi connectivity index (χ2n) is 4.42. The summed E-state index contributed by atoms with van der Waals surface area (Å²) in [5.74, 6) is 0.328. The van der Waals surface area contributed by atoms with Crippen LogP contribution in [0.4, 0.5) is 0 Å². The monoisotopic (exact) mass is 350 g/mol. The SMILES string of the molecule is COc1cc(C)c(Br)cc1S(=O)(=O)NCCC(C)N. The molecule has 7 heteroatoms. The lowest BCUT2D eigenvalue weighted by Gasteiger charge is -2.13. The van der Waals surface area contributed by atoms with Crippen LogP contribution < -0.4 is 15.2 Å².